The van der Waals surface area contributed by atoms with Crippen LogP contribution in [0, 0.1) is 0 Å². The van der Waals surface area contributed by atoms with E-state index in [1.54, 1.807) is 0 Å². The lowest BCUT2D eigenvalue weighted by molar-refractivity contribution is -0.131. The summed E-state index contributed by atoms with van der Waals surface area (Å²) < 4.78 is 0. The van der Waals surface area contributed by atoms with Crippen molar-refractivity contribution in [2.24, 2.45) is 0 Å². The zero-order chi connectivity index (χ0) is 6.41. The van der Waals surface area contributed by atoms with Gasteiger partial charge in [-0.2, -0.15) is 0 Å². The monoisotopic (exact) mass is 119 g/mol. The largest absolute Gasteiger partial charge is 0.394 e. The minimum atomic E-state index is -0.265. The number of hydroxylamine groups is 1. The molecule has 0 atom stereocenters. The quantitative estimate of drug-likeness (QED) is 0.372. The van der Waals surface area contributed by atoms with E-state index in [-0.39, 0.29) is 19.1 Å². The van der Waals surface area contributed by atoms with E-state index in [1.807, 2.05) is 5.48 Å². The topological polar surface area (TPSA) is 58.6 Å². The Hall–Kier alpha value is -0.610. The summed E-state index contributed by atoms with van der Waals surface area (Å²) >= 11 is 0. The van der Waals surface area contributed by atoms with Crippen LogP contribution in [0.25, 0.3) is 0 Å². The normalized spacial score (nSPS) is 8.75. The highest BCUT2D eigenvalue weighted by Crippen LogP contribution is 1.64. The molecule has 4 nitrogen and oxygen atoms in total. The third-order valence-electron chi connectivity index (χ3n) is 0.409. The number of aliphatic hydroxyl groups excluding tert-OH is 1. The van der Waals surface area contributed by atoms with Gasteiger partial charge in [0.2, 0.25) is 5.91 Å². The Balaban J connectivity index is 2.82. The van der Waals surface area contributed by atoms with Crippen LogP contribution in [0.3, 0.4) is 0 Å². The highest BCUT2D eigenvalue weighted by molar-refractivity contribution is 5.71. The Morgan fingerprint density at radius 2 is 2.50 bits per heavy atom. The summed E-state index contributed by atoms with van der Waals surface area (Å²) in [6, 6.07) is 0. The lowest BCUT2D eigenvalue weighted by Gasteiger charge is -1.97. The first kappa shape index (κ1) is 7.39. The first-order chi connectivity index (χ1) is 3.77. The summed E-state index contributed by atoms with van der Waals surface area (Å²) in [5.41, 5.74) is 2.05. The maximum absolute atomic E-state index is 10.0. The Kier molecular flexibility index (Phi) is 4.20. The van der Waals surface area contributed by atoms with Gasteiger partial charge in [0.15, 0.2) is 0 Å². The number of aliphatic hydroxyl groups is 1. The highest BCUT2D eigenvalue weighted by atomic mass is 16.7. The van der Waals surface area contributed by atoms with Crippen molar-refractivity contribution < 1.29 is 14.7 Å². The molecule has 4 heteroatoms. The molecule has 0 bridgehead atoms. The van der Waals surface area contributed by atoms with Crippen molar-refractivity contribution in [2.75, 3.05) is 13.2 Å². The van der Waals surface area contributed by atoms with Crippen LogP contribution >= 0.6 is 0 Å². The van der Waals surface area contributed by atoms with Gasteiger partial charge in [-0.15, -0.1) is 0 Å². The number of rotatable bonds is 3. The van der Waals surface area contributed by atoms with E-state index in [0.29, 0.717) is 0 Å². The average molecular weight is 119 g/mol. The number of carbonyl (C=O) groups is 1. The second-order valence-corrected chi connectivity index (χ2v) is 1.23. The zero-order valence-electron chi connectivity index (χ0n) is 4.68. The second kappa shape index (κ2) is 4.55. The SMILES string of the molecule is CC(=O)NOCCO. The summed E-state index contributed by atoms with van der Waals surface area (Å²) in [6.07, 6.45) is 0. The Morgan fingerprint density at radius 3 is 2.88 bits per heavy atom. The van der Waals surface area contributed by atoms with Crippen LogP contribution < -0.4 is 5.48 Å². The number of nitrogens with one attached hydrogen (secondary N) is 1. The minimum absolute atomic E-state index is 0.0831. The van der Waals surface area contributed by atoms with E-state index in [2.05, 4.69) is 4.84 Å². The molecule has 0 heterocycles. The van der Waals surface area contributed by atoms with Gasteiger partial charge in [-0.25, -0.2) is 5.48 Å². The van der Waals surface area contributed by atoms with Crippen molar-refractivity contribution in [3.05, 3.63) is 0 Å². The highest BCUT2D eigenvalue weighted by Gasteiger charge is 1.86. The van der Waals surface area contributed by atoms with E-state index in [1.165, 1.54) is 6.92 Å². The van der Waals surface area contributed by atoms with Crippen LogP contribution in [-0.4, -0.2) is 24.2 Å². The standard InChI is InChI=1S/C4H9NO3/c1-4(7)5-8-3-2-6/h6H,2-3H2,1H3,(H,5,7). The molecular weight excluding hydrogens is 110 g/mol. The summed E-state index contributed by atoms with van der Waals surface area (Å²) in [7, 11) is 0. The molecule has 0 fully saturated rings. The van der Waals surface area contributed by atoms with Gasteiger partial charge in [0.05, 0.1) is 13.2 Å². The Bertz CT molecular complexity index is 73.7. The Labute approximate surface area is 47.4 Å². The van der Waals surface area contributed by atoms with Gasteiger partial charge in [-0.3, -0.25) is 9.63 Å². The number of amides is 1. The van der Waals surface area contributed by atoms with E-state index in [9.17, 15) is 4.79 Å². The van der Waals surface area contributed by atoms with Gasteiger partial charge in [-0.05, 0) is 0 Å². The van der Waals surface area contributed by atoms with Crippen LogP contribution in [0.15, 0.2) is 0 Å². The molecule has 0 aromatic rings. The van der Waals surface area contributed by atoms with Crippen LogP contribution in [0.2, 0.25) is 0 Å². The lowest BCUT2D eigenvalue weighted by atomic mass is 10.8. The van der Waals surface area contributed by atoms with E-state index < -0.39 is 0 Å². The zero-order valence-corrected chi connectivity index (χ0v) is 4.68. The second-order valence-electron chi connectivity index (χ2n) is 1.23. The van der Waals surface area contributed by atoms with Gasteiger partial charge < -0.3 is 5.11 Å². The average Bonchev–Trinajstić information content (AvgIpc) is 1.66. The number of carbonyl (C=O) groups excluding carboxylic acids is 1. The van der Waals surface area contributed by atoms with Crippen molar-refractivity contribution in [3.63, 3.8) is 0 Å². The van der Waals surface area contributed by atoms with Gasteiger partial charge in [0, 0.05) is 6.92 Å². The third kappa shape index (κ3) is 5.39. The molecule has 0 spiro atoms. The summed E-state index contributed by atoms with van der Waals surface area (Å²) in [5.74, 6) is -0.265. The fourth-order valence-corrected chi connectivity index (χ4v) is 0.198. The molecule has 2 N–H and O–H groups in total. The van der Waals surface area contributed by atoms with Crippen LogP contribution in [0.4, 0.5) is 0 Å². The maximum atomic E-state index is 10.0. The molecule has 0 aliphatic heterocycles. The molecule has 0 saturated carbocycles. The van der Waals surface area contributed by atoms with Gasteiger partial charge >= 0.3 is 0 Å². The van der Waals surface area contributed by atoms with E-state index in [4.69, 9.17) is 5.11 Å². The molecule has 0 rings (SSSR count). The molecule has 0 unspecified atom stereocenters. The van der Waals surface area contributed by atoms with Crippen LogP contribution in [0.5, 0.6) is 0 Å². The van der Waals surface area contributed by atoms with Crippen molar-refractivity contribution in [2.45, 2.75) is 6.92 Å². The predicted octanol–water partition coefficient (Wildman–Crippen LogP) is -0.954. The van der Waals surface area contributed by atoms with Crippen LogP contribution in [0.1, 0.15) is 6.92 Å². The van der Waals surface area contributed by atoms with Crippen molar-refractivity contribution in [1.82, 2.24) is 5.48 Å². The van der Waals surface area contributed by atoms with Crippen molar-refractivity contribution in [3.8, 4) is 0 Å². The fourth-order valence-electron chi connectivity index (χ4n) is 0.198. The molecule has 0 aromatic carbocycles. The Morgan fingerprint density at radius 1 is 1.88 bits per heavy atom. The molecule has 48 valence electrons. The first-order valence-corrected chi connectivity index (χ1v) is 2.26. The molecule has 0 aliphatic rings. The smallest absolute Gasteiger partial charge is 0.240 e. The fraction of sp³-hybridized carbons (Fsp3) is 0.750. The summed E-state index contributed by atoms with van der Waals surface area (Å²) in [4.78, 5) is 14.4. The summed E-state index contributed by atoms with van der Waals surface area (Å²) in [6.45, 7) is 1.39. The maximum Gasteiger partial charge on any atom is 0.240 e. The van der Waals surface area contributed by atoms with E-state index >= 15 is 0 Å². The van der Waals surface area contributed by atoms with Crippen molar-refractivity contribution in [1.29, 1.82) is 0 Å². The van der Waals surface area contributed by atoms with Crippen molar-refractivity contribution >= 4 is 5.91 Å². The number of hydrogen-bond donors (Lipinski definition) is 2. The molecule has 0 saturated heterocycles. The molecule has 8 heavy (non-hydrogen) atoms. The molecule has 0 aromatic heterocycles. The lowest BCUT2D eigenvalue weighted by Crippen LogP contribution is -2.21. The molecule has 1 amide bonds. The molecule has 0 aliphatic carbocycles. The summed E-state index contributed by atoms with van der Waals surface area (Å²) in [5, 5.41) is 8.10. The van der Waals surface area contributed by atoms with Gasteiger partial charge in [-0.1, -0.05) is 0 Å². The third-order valence-corrected chi connectivity index (χ3v) is 0.409. The van der Waals surface area contributed by atoms with Crippen LogP contribution in [-0.2, 0) is 9.63 Å². The van der Waals surface area contributed by atoms with Gasteiger partial charge in [0.1, 0.15) is 0 Å². The molecular formula is C4H9NO3. The number of hydrogen-bond acceptors (Lipinski definition) is 3. The van der Waals surface area contributed by atoms with Gasteiger partial charge in [0.25, 0.3) is 0 Å². The molecule has 0 radical (unpaired) electrons. The minimum Gasteiger partial charge on any atom is -0.394 e. The van der Waals surface area contributed by atoms with E-state index in [0.717, 1.165) is 0 Å². The first-order valence-electron chi connectivity index (χ1n) is 2.26. The predicted molar refractivity (Wildman–Crippen MR) is 26.9 cm³/mol.